The average Bonchev–Trinajstić information content (AvgIpc) is 2.83. The summed E-state index contributed by atoms with van der Waals surface area (Å²) in [5, 5.41) is 9.48. The molecule has 0 radical (unpaired) electrons. The molecule has 0 amide bonds. The van der Waals surface area contributed by atoms with Gasteiger partial charge in [-0.3, -0.25) is 4.98 Å². The second kappa shape index (κ2) is 4.94. The number of pyridine rings is 1. The van der Waals surface area contributed by atoms with Crippen LogP contribution in [-0.4, -0.2) is 17.0 Å². The Balaban J connectivity index is 2.08. The highest BCUT2D eigenvalue weighted by Gasteiger charge is 2.07. The van der Waals surface area contributed by atoms with Gasteiger partial charge in [0.25, 0.3) is 0 Å². The first kappa shape index (κ1) is 10.9. The van der Waals surface area contributed by atoms with Crippen molar-refractivity contribution in [3.05, 3.63) is 35.0 Å². The van der Waals surface area contributed by atoms with E-state index in [4.69, 9.17) is 0 Å². The van der Waals surface area contributed by atoms with E-state index < -0.39 is 0 Å². The van der Waals surface area contributed by atoms with Gasteiger partial charge in [0.15, 0.2) is 0 Å². The summed E-state index contributed by atoms with van der Waals surface area (Å²) in [4.78, 5) is 8.42. The molecule has 0 bridgehead atoms. The fourth-order valence-electron chi connectivity index (χ4n) is 1.42. The zero-order chi connectivity index (χ0) is 11.4. The van der Waals surface area contributed by atoms with Crippen molar-refractivity contribution in [1.82, 2.24) is 9.97 Å². The number of aromatic nitrogens is 2. The van der Waals surface area contributed by atoms with Gasteiger partial charge >= 0.3 is 0 Å². The lowest BCUT2D eigenvalue weighted by Crippen LogP contribution is -2.06. The van der Waals surface area contributed by atoms with E-state index in [1.54, 1.807) is 17.5 Å². The maximum absolute atomic E-state index is 4.27. The van der Waals surface area contributed by atoms with E-state index in [9.17, 15) is 0 Å². The minimum Gasteiger partial charge on any atom is -0.387 e. The van der Waals surface area contributed by atoms with Gasteiger partial charge in [-0.1, -0.05) is 0 Å². The molecule has 2 aromatic heterocycles. The van der Waals surface area contributed by atoms with E-state index in [0.717, 1.165) is 16.4 Å². The van der Waals surface area contributed by atoms with Crippen LogP contribution >= 0.6 is 11.3 Å². The third-order valence-electron chi connectivity index (χ3n) is 2.23. The molecular weight excluding hydrogens is 220 g/mol. The molecular formula is C11H14N4S. The van der Waals surface area contributed by atoms with Crippen molar-refractivity contribution in [2.24, 2.45) is 0 Å². The summed E-state index contributed by atoms with van der Waals surface area (Å²) in [6.45, 7) is 2.09. The van der Waals surface area contributed by atoms with Crippen LogP contribution in [0.25, 0.3) is 0 Å². The van der Waals surface area contributed by atoms with Gasteiger partial charge in [0.05, 0.1) is 29.8 Å². The lowest BCUT2D eigenvalue weighted by atomic mass is 10.3. The number of nitrogens with one attached hydrogen (secondary N) is 2. The van der Waals surface area contributed by atoms with Crippen molar-refractivity contribution < 1.29 is 0 Å². The number of rotatable bonds is 4. The zero-order valence-electron chi connectivity index (χ0n) is 9.27. The van der Waals surface area contributed by atoms with Crippen molar-refractivity contribution in [3.63, 3.8) is 0 Å². The quantitative estimate of drug-likeness (QED) is 0.854. The predicted molar refractivity (Wildman–Crippen MR) is 67.9 cm³/mol. The predicted octanol–water partition coefficient (Wildman–Crippen LogP) is 2.75. The third kappa shape index (κ3) is 2.49. The molecule has 1 unspecified atom stereocenters. The Kier molecular flexibility index (Phi) is 3.36. The molecule has 16 heavy (non-hydrogen) atoms. The Bertz CT molecular complexity index is 441. The van der Waals surface area contributed by atoms with Gasteiger partial charge < -0.3 is 10.6 Å². The van der Waals surface area contributed by atoms with Crippen LogP contribution in [0.3, 0.4) is 0 Å². The van der Waals surface area contributed by atoms with E-state index in [1.165, 1.54) is 0 Å². The molecule has 2 N–H and O–H groups in total. The van der Waals surface area contributed by atoms with Crippen molar-refractivity contribution in [2.45, 2.75) is 13.0 Å². The molecule has 2 rings (SSSR count). The second-order valence-electron chi connectivity index (χ2n) is 3.45. The fourth-order valence-corrected chi connectivity index (χ4v) is 2.06. The lowest BCUT2D eigenvalue weighted by Gasteiger charge is -2.13. The summed E-state index contributed by atoms with van der Waals surface area (Å²) in [6.07, 6.45) is 5.42. The minimum absolute atomic E-state index is 0.203. The normalized spacial score (nSPS) is 12.1. The van der Waals surface area contributed by atoms with Crippen LogP contribution in [0, 0.1) is 0 Å². The number of nitrogens with zero attached hydrogens (tertiary/aromatic N) is 2. The molecule has 2 aromatic rings. The van der Waals surface area contributed by atoms with Gasteiger partial charge in [-0.25, -0.2) is 4.98 Å². The highest BCUT2D eigenvalue weighted by molar-refractivity contribution is 7.09. The molecule has 1 atom stereocenters. The monoisotopic (exact) mass is 234 g/mol. The third-order valence-corrected chi connectivity index (χ3v) is 3.19. The largest absolute Gasteiger partial charge is 0.387 e. The van der Waals surface area contributed by atoms with Gasteiger partial charge in [0.2, 0.25) is 0 Å². The average molecular weight is 234 g/mol. The Labute approximate surface area is 98.8 Å². The van der Waals surface area contributed by atoms with E-state index in [1.807, 2.05) is 30.9 Å². The standard InChI is InChI=1S/C11H14N4S/c1-8(11-14-3-4-16-11)15-10-5-9(12-2)6-13-7-10/h3-8,12,15H,1-2H3. The van der Waals surface area contributed by atoms with Crippen LogP contribution in [0.1, 0.15) is 18.0 Å². The maximum atomic E-state index is 4.27. The Morgan fingerprint density at radius 1 is 1.31 bits per heavy atom. The number of hydrogen-bond acceptors (Lipinski definition) is 5. The van der Waals surface area contributed by atoms with Crippen LogP contribution in [0.2, 0.25) is 0 Å². The van der Waals surface area contributed by atoms with E-state index in [-0.39, 0.29) is 6.04 Å². The Morgan fingerprint density at radius 3 is 2.81 bits per heavy atom. The van der Waals surface area contributed by atoms with Crippen molar-refractivity contribution in [2.75, 3.05) is 17.7 Å². The summed E-state index contributed by atoms with van der Waals surface area (Å²) in [5.41, 5.74) is 1.99. The number of thiazole rings is 1. The summed E-state index contributed by atoms with van der Waals surface area (Å²) in [5.74, 6) is 0. The van der Waals surface area contributed by atoms with Crippen molar-refractivity contribution >= 4 is 22.7 Å². The van der Waals surface area contributed by atoms with E-state index in [0.29, 0.717) is 0 Å². The molecule has 0 aliphatic carbocycles. The molecule has 84 valence electrons. The lowest BCUT2D eigenvalue weighted by molar-refractivity contribution is 0.868. The molecule has 0 fully saturated rings. The number of anilines is 2. The molecule has 0 aromatic carbocycles. The molecule has 4 nitrogen and oxygen atoms in total. The van der Waals surface area contributed by atoms with Gasteiger partial charge in [0, 0.05) is 18.6 Å². The summed E-state index contributed by atoms with van der Waals surface area (Å²) < 4.78 is 0. The summed E-state index contributed by atoms with van der Waals surface area (Å²) >= 11 is 1.65. The smallest absolute Gasteiger partial charge is 0.115 e. The molecule has 0 aliphatic rings. The Morgan fingerprint density at radius 2 is 2.12 bits per heavy atom. The summed E-state index contributed by atoms with van der Waals surface area (Å²) in [7, 11) is 1.88. The first-order valence-corrected chi connectivity index (χ1v) is 5.96. The SMILES string of the molecule is CNc1cncc(NC(C)c2nccs2)c1. The van der Waals surface area contributed by atoms with Crippen LogP contribution in [0.15, 0.2) is 30.0 Å². The van der Waals surface area contributed by atoms with Gasteiger partial charge in [-0.05, 0) is 13.0 Å². The Hall–Kier alpha value is -1.62. The van der Waals surface area contributed by atoms with Crippen LogP contribution in [-0.2, 0) is 0 Å². The zero-order valence-corrected chi connectivity index (χ0v) is 10.1. The van der Waals surface area contributed by atoms with Crippen molar-refractivity contribution in [3.8, 4) is 0 Å². The first-order chi connectivity index (χ1) is 7.79. The maximum Gasteiger partial charge on any atom is 0.115 e. The van der Waals surface area contributed by atoms with Crippen LogP contribution in [0.4, 0.5) is 11.4 Å². The highest BCUT2D eigenvalue weighted by Crippen LogP contribution is 2.21. The molecule has 2 heterocycles. The van der Waals surface area contributed by atoms with E-state index in [2.05, 4.69) is 27.5 Å². The minimum atomic E-state index is 0.203. The first-order valence-electron chi connectivity index (χ1n) is 5.08. The van der Waals surface area contributed by atoms with Crippen LogP contribution in [0.5, 0.6) is 0 Å². The summed E-state index contributed by atoms with van der Waals surface area (Å²) in [6, 6.07) is 2.23. The van der Waals surface area contributed by atoms with Gasteiger partial charge in [-0.15, -0.1) is 11.3 Å². The second-order valence-corrected chi connectivity index (χ2v) is 4.37. The van der Waals surface area contributed by atoms with Gasteiger partial charge in [0.1, 0.15) is 5.01 Å². The van der Waals surface area contributed by atoms with Crippen LogP contribution < -0.4 is 10.6 Å². The highest BCUT2D eigenvalue weighted by atomic mass is 32.1. The molecule has 0 spiro atoms. The topological polar surface area (TPSA) is 49.8 Å². The van der Waals surface area contributed by atoms with E-state index >= 15 is 0 Å². The molecule has 0 aliphatic heterocycles. The fraction of sp³-hybridized carbons (Fsp3) is 0.273. The molecule has 5 heteroatoms. The molecule has 0 saturated heterocycles. The van der Waals surface area contributed by atoms with Gasteiger partial charge in [-0.2, -0.15) is 0 Å². The molecule has 0 saturated carbocycles. The van der Waals surface area contributed by atoms with Crippen molar-refractivity contribution in [1.29, 1.82) is 0 Å². The number of hydrogen-bond donors (Lipinski definition) is 2.